The lowest BCUT2D eigenvalue weighted by Crippen LogP contribution is -2.30. The predicted molar refractivity (Wildman–Crippen MR) is 71.9 cm³/mol. The van der Waals surface area contributed by atoms with Gasteiger partial charge in [-0.3, -0.25) is 0 Å². The first-order chi connectivity index (χ1) is 7.66. The summed E-state index contributed by atoms with van der Waals surface area (Å²) in [4.78, 5) is 0. The van der Waals surface area contributed by atoms with Crippen LogP contribution in [-0.4, -0.2) is 5.38 Å². The third-order valence-corrected chi connectivity index (χ3v) is 5.34. The number of rotatable bonds is 1. The molecule has 0 aliphatic heterocycles. The Balaban J connectivity index is 1.98. The van der Waals surface area contributed by atoms with Gasteiger partial charge in [0.25, 0.3) is 0 Å². The molecular weight excluding hydrogens is 216 g/mol. The molecule has 4 atom stereocenters. The van der Waals surface area contributed by atoms with Crippen molar-refractivity contribution in [2.24, 2.45) is 23.7 Å². The second kappa shape index (κ2) is 5.76. The van der Waals surface area contributed by atoms with E-state index in [4.69, 9.17) is 11.6 Å². The maximum absolute atomic E-state index is 6.62. The SMILES string of the molecule is CC1CC(C)CC(C2CCCCCC2Cl)C1. The quantitative estimate of drug-likeness (QED) is 0.435. The zero-order chi connectivity index (χ0) is 11.5. The normalized spacial score (nSPS) is 46.3. The molecule has 1 heteroatoms. The van der Waals surface area contributed by atoms with Gasteiger partial charge in [0.15, 0.2) is 0 Å². The Bertz CT molecular complexity index is 203. The zero-order valence-corrected chi connectivity index (χ0v) is 11.7. The highest BCUT2D eigenvalue weighted by Crippen LogP contribution is 2.43. The Morgan fingerprint density at radius 2 is 1.44 bits per heavy atom. The van der Waals surface area contributed by atoms with Gasteiger partial charge in [0.2, 0.25) is 0 Å². The second-order valence-corrected chi connectivity index (χ2v) is 7.06. The number of alkyl halides is 1. The molecule has 2 aliphatic carbocycles. The summed E-state index contributed by atoms with van der Waals surface area (Å²) in [5.74, 6) is 3.62. The van der Waals surface area contributed by atoms with Gasteiger partial charge < -0.3 is 0 Å². The Hall–Kier alpha value is 0.290. The van der Waals surface area contributed by atoms with Crippen LogP contribution in [0.4, 0.5) is 0 Å². The highest BCUT2D eigenvalue weighted by molar-refractivity contribution is 6.20. The first-order valence-corrected chi connectivity index (χ1v) is 7.74. The third-order valence-electron chi connectivity index (χ3n) is 4.80. The van der Waals surface area contributed by atoms with Crippen molar-refractivity contribution in [1.82, 2.24) is 0 Å². The molecule has 0 aromatic heterocycles. The average molecular weight is 243 g/mol. The fourth-order valence-corrected chi connectivity index (χ4v) is 4.67. The van der Waals surface area contributed by atoms with Gasteiger partial charge in [0.05, 0.1) is 0 Å². The monoisotopic (exact) mass is 242 g/mol. The van der Waals surface area contributed by atoms with Gasteiger partial charge in [0, 0.05) is 5.38 Å². The van der Waals surface area contributed by atoms with Crippen molar-refractivity contribution in [2.45, 2.75) is 70.6 Å². The van der Waals surface area contributed by atoms with Gasteiger partial charge in [-0.15, -0.1) is 11.6 Å². The smallest absolute Gasteiger partial charge is 0.0366 e. The molecule has 2 aliphatic rings. The first kappa shape index (κ1) is 12.7. The molecule has 2 rings (SSSR count). The topological polar surface area (TPSA) is 0 Å². The molecule has 0 heterocycles. The summed E-state index contributed by atoms with van der Waals surface area (Å²) < 4.78 is 0. The molecule has 0 N–H and O–H groups in total. The molecule has 0 nitrogen and oxygen atoms in total. The van der Waals surface area contributed by atoms with Crippen molar-refractivity contribution in [3.05, 3.63) is 0 Å². The van der Waals surface area contributed by atoms with E-state index in [1.54, 1.807) is 0 Å². The molecular formula is C15H27Cl. The Morgan fingerprint density at radius 1 is 0.812 bits per heavy atom. The molecule has 0 spiro atoms. The summed E-state index contributed by atoms with van der Waals surface area (Å²) in [7, 11) is 0. The number of hydrogen-bond donors (Lipinski definition) is 0. The van der Waals surface area contributed by atoms with E-state index in [2.05, 4.69) is 13.8 Å². The van der Waals surface area contributed by atoms with E-state index >= 15 is 0 Å². The average Bonchev–Trinajstić information content (AvgIpc) is 2.41. The number of hydrogen-bond acceptors (Lipinski definition) is 0. The molecule has 4 unspecified atom stereocenters. The van der Waals surface area contributed by atoms with Crippen LogP contribution in [-0.2, 0) is 0 Å². The molecule has 16 heavy (non-hydrogen) atoms. The lowest BCUT2D eigenvalue weighted by Gasteiger charge is -2.38. The van der Waals surface area contributed by atoms with Crippen molar-refractivity contribution in [1.29, 1.82) is 0 Å². The van der Waals surface area contributed by atoms with Gasteiger partial charge in [-0.1, -0.05) is 33.1 Å². The summed E-state index contributed by atoms with van der Waals surface area (Å²) in [5, 5.41) is 0.477. The molecule has 0 amide bonds. The van der Waals surface area contributed by atoms with Gasteiger partial charge >= 0.3 is 0 Å². The lowest BCUT2D eigenvalue weighted by atomic mass is 9.69. The van der Waals surface area contributed by atoms with E-state index in [-0.39, 0.29) is 0 Å². The summed E-state index contributed by atoms with van der Waals surface area (Å²) in [6.07, 6.45) is 11.2. The minimum atomic E-state index is 0.477. The molecule has 2 fully saturated rings. The highest BCUT2D eigenvalue weighted by atomic mass is 35.5. The van der Waals surface area contributed by atoms with Crippen molar-refractivity contribution < 1.29 is 0 Å². The Labute approximate surface area is 106 Å². The highest BCUT2D eigenvalue weighted by Gasteiger charge is 2.34. The predicted octanol–water partition coefficient (Wildman–Crippen LogP) is 5.25. The number of halogens is 1. The Morgan fingerprint density at radius 3 is 2.12 bits per heavy atom. The van der Waals surface area contributed by atoms with Crippen LogP contribution < -0.4 is 0 Å². The van der Waals surface area contributed by atoms with Crippen molar-refractivity contribution in [3.63, 3.8) is 0 Å². The maximum atomic E-state index is 6.62. The van der Waals surface area contributed by atoms with Crippen molar-refractivity contribution >= 4 is 11.6 Å². The van der Waals surface area contributed by atoms with Crippen LogP contribution in [0.15, 0.2) is 0 Å². The largest absolute Gasteiger partial charge is 0.123 e. The van der Waals surface area contributed by atoms with E-state index in [0.717, 1.165) is 23.7 Å². The maximum Gasteiger partial charge on any atom is 0.0366 e. The molecule has 0 saturated heterocycles. The standard InChI is InChI=1S/C15H27Cl/c1-11-8-12(2)10-13(9-11)14-6-4-3-5-7-15(14)16/h11-15H,3-10H2,1-2H3. The summed E-state index contributed by atoms with van der Waals surface area (Å²) in [6.45, 7) is 4.87. The molecule has 94 valence electrons. The van der Waals surface area contributed by atoms with E-state index in [1.807, 2.05) is 0 Å². The van der Waals surface area contributed by atoms with Crippen LogP contribution >= 0.6 is 11.6 Å². The second-order valence-electron chi connectivity index (χ2n) is 6.50. The van der Waals surface area contributed by atoms with Crippen LogP contribution in [0.5, 0.6) is 0 Å². The van der Waals surface area contributed by atoms with Gasteiger partial charge in [-0.05, 0) is 55.8 Å². The lowest BCUT2D eigenvalue weighted by molar-refractivity contribution is 0.151. The minimum absolute atomic E-state index is 0.477. The van der Waals surface area contributed by atoms with Crippen LogP contribution in [0.25, 0.3) is 0 Å². The van der Waals surface area contributed by atoms with Crippen LogP contribution in [0.3, 0.4) is 0 Å². The fraction of sp³-hybridized carbons (Fsp3) is 1.00. The van der Waals surface area contributed by atoms with Crippen LogP contribution in [0, 0.1) is 23.7 Å². The molecule has 0 aromatic rings. The molecule has 0 radical (unpaired) electrons. The molecule has 0 aromatic carbocycles. The van der Waals surface area contributed by atoms with Crippen LogP contribution in [0.2, 0.25) is 0 Å². The minimum Gasteiger partial charge on any atom is -0.123 e. The van der Waals surface area contributed by atoms with Crippen molar-refractivity contribution in [2.75, 3.05) is 0 Å². The Kier molecular flexibility index (Phi) is 4.58. The van der Waals surface area contributed by atoms with E-state index in [0.29, 0.717) is 5.38 Å². The first-order valence-electron chi connectivity index (χ1n) is 7.31. The van der Waals surface area contributed by atoms with E-state index in [9.17, 15) is 0 Å². The summed E-state index contributed by atoms with van der Waals surface area (Å²) >= 11 is 6.62. The zero-order valence-electron chi connectivity index (χ0n) is 10.9. The van der Waals surface area contributed by atoms with E-state index in [1.165, 1.54) is 51.4 Å². The fourth-order valence-electron chi connectivity index (χ4n) is 4.18. The molecule has 2 saturated carbocycles. The molecule has 0 bridgehead atoms. The van der Waals surface area contributed by atoms with Gasteiger partial charge in [-0.25, -0.2) is 0 Å². The summed E-state index contributed by atoms with van der Waals surface area (Å²) in [5.41, 5.74) is 0. The van der Waals surface area contributed by atoms with Gasteiger partial charge in [-0.2, -0.15) is 0 Å². The third kappa shape index (κ3) is 3.15. The summed E-state index contributed by atoms with van der Waals surface area (Å²) in [6, 6.07) is 0. The van der Waals surface area contributed by atoms with Crippen molar-refractivity contribution in [3.8, 4) is 0 Å². The van der Waals surface area contributed by atoms with Gasteiger partial charge in [0.1, 0.15) is 0 Å². The van der Waals surface area contributed by atoms with Crippen LogP contribution in [0.1, 0.15) is 65.2 Å². The van der Waals surface area contributed by atoms with E-state index < -0.39 is 0 Å².